The molecule has 0 fully saturated rings. The predicted molar refractivity (Wildman–Crippen MR) is 110 cm³/mol. The number of benzene rings is 2. The van der Waals surface area contributed by atoms with E-state index in [-0.39, 0.29) is 5.97 Å². The first-order valence-corrected chi connectivity index (χ1v) is 9.30. The van der Waals surface area contributed by atoms with Crippen LogP contribution in [0, 0.1) is 27.7 Å². The zero-order valence-corrected chi connectivity index (χ0v) is 16.4. The van der Waals surface area contributed by atoms with Crippen molar-refractivity contribution >= 4 is 27.8 Å². The lowest BCUT2D eigenvalue weighted by molar-refractivity contribution is 0.0526. The zero-order chi connectivity index (χ0) is 19.3. The van der Waals surface area contributed by atoms with Crippen LogP contribution in [0.4, 0.5) is 0 Å². The Bertz CT molecular complexity index is 1180. The van der Waals surface area contributed by atoms with Gasteiger partial charge in [-0.15, -0.1) is 0 Å². The Morgan fingerprint density at radius 1 is 1.04 bits per heavy atom. The Morgan fingerprint density at radius 2 is 1.74 bits per heavy atom. The molecular weight excluding hydrogens is 336 g/mol. The monoisotopic (exact) mass is 360 g/mol. The van der Waals surface area contributed by atoms with Gasteiger partial charge in [-0.05, 0) is 82.1 Å². The van der Waals surface area contributed by atoms with Crippen molar-refractivity contribution in [2.45, 2.75) is 34.6 Å². The van der Waals surface area contributed by atoms with Gasteiger partial charge in [-0.3, -0.25) is 0 Å². The summed E-state index contributed by atoms with van der Waals surface area (Å²) in [4.78, 5) is 15.7. The summed E-state index contributed by atoms with van der Waals surface area (Å²) in [5.74, 6) is -0.281. The van der Waals surface area contributed by atoms with E-state index in [0.29, 0.717) is 12.2 Å². The molecule has 0 spiro atoms. The number of esters is 1. The third-order valence-electron chi connectivity index (χ3n) is 5.33. The molecule has 4 aromatic rings. The van der Waals surface area contributed by atoms with E-state index in [9.17, 15) is 4.79 Å². The van der Waals surface area contributed by atoms with Crippen LogP contribution in [-0.2, 0) is 4.74 Å². The van der Waals surface area contributed by atoms with Gasteiger partial charge in [-0.1, -0.05) is 0 Å². The molecule has 0 aliphatic heterocycles. The van der Waals surface area contributed by atoms with Gasteiger partial charge in [0.05, 0.1) is 12.2 Å². The van der Waals surface area contributed by atoms with Gasteiger partial charge >= 0.3 is 5.97 Å². The molecule has 0 aliphatic carbocycles. The predicted octanol–water partition coefficient (Wildman–Crippen LogP) is 5.52. The molecule has 27 heavy (non-hydrogen) atoms. The van der Waals surface area contributed by atoms with Gasteiger partial charge in [-0.2, -0.15) is 0 Å². The van der Waals surface area contributed by atoms with Gasteiger partial charge in [0.2, 0.25) is 0 Å². The molecule has 0 radical (unpaired) electrons. The van der Waals surface area contributed by atoms with Crippen LogP contribution in [0.25, 0.3) is 27.5 Å². The minimum Gasteiger partial charge on any atom is -0.462 e. The molecule has 4 nitrogen and oxygen atoms in total. The van der Waals surface area contributed by atoms with E-state index in [0.717, 1.165) is 16.4 Å². The van der Waals surface area contributed by atoms with E-state index in [4.69, 9.17) is 4.74 Å². The van der Waals surface area contributed by atoms with Crippen molar-refractivity contribution in [2.75, 3.05) is 6.61 Å². The first-order chi connectivity index (χ1) is 12.9. The summed E-state index contributed by atoms with van der Waals surface area (Å²) >= 11 is 0. The van der Waals surface area contributed by atoms with Crippen molar-refractivity contribution < 1.29 is 9.53 Å². The highest BCUT2D eigenvalue weighted by atomic mass is 16.5. The highest BCUT2D eigenvalue weighted by molar-refractivity contribution is 6.12. The third-order valence-corrected chi connectivity index (χ3v) is 5.33. The first-order valence-electron chi connectivity index (χ1n) is 9.30. The number of hydrogen-bond donors (Lipinski definition) is 1. The minimum absolute atomic E-state index is 0.281. The molecule has 2 aromatic heterocycles. The summed E-state index contributed by atoms with van der Waals surface area (Å²) in [6.07, 6.45) is 0. The van der Waals surface area contributed by atoms with Gasteiger partial charge in [0.25, 0.3) is 0 Å². The SMILES string of the molecule is CCOC(=O)c1ccc2[nH]c3c(C)cc(-n4c(C)ccc4C)c(C)c3c2c1. The fourth-order valence-electron chi connectivity index (χ4n) is 4.01. The number of carbonyl (C=O) groups excluding carboxylic acids is 1. The molecule has 4 heteroatoms. The van der Waals surface area contributed by atoms with Crippen molar-refractivity contribution in [2.24, 2.45) is 0 Å². The second-order valence-corrected chi connectivity index (χ2v) is 7.14. The maximum atomic E-state index is 12.2. The molecule has 4 rings (SSSR count). The number of aromatic amines is 1. The fourth-order valence-corrected chi connectivity index (χ4v) is 4.01. The lowest BCUT2D eigenvalue weighted by Gasteiger charge is -2.15. The number of H-pyrrole nitrogens is 1. The Labute approximate surface area is 158 Å². The summed E-state index contributed by atoms with van der Waals surface area (Å²) in [5, 5.41) is 2.22. The Hall–Kier alpha value is -3.01. The second kappa shape index (κ2) is 6.31. The van der Waals surface area contributed by atoms with Crippen LogP contribution in [0.3, 0.4) is 0 Å². The molecule has 0 aliphatic rings. The average Bonchev–Trinajstić information content (AvgIpc) is 3.18. The molecule has 0 unspecified atom stereocenters. The van der Waals surface area contributed by atoms with Gasteiger partial charge in [0.1, 0.15) is 0 Å². The molecule has 0 amide bonds. The number of nitrogens with zero attached hydrogens (tertiary/aromatic N) is 1. The van der Waals surface area contributed by atoms with Crippen LogP contribution in [0.2, 0.25) is 0 Å². The summed E-state index contributed by atoms with van der Waals surface area (Å²) in [7, 11) is 0. The Kier molecular flexibility index (Phi) is 4.06. The van der Waals surface area contributed by atoms with Crippen LogP contribution in [0.5, 0.6) is 0 Å². The molecule has 0 bridgehead atoms. The van der Waals surface area contributed by atoms with Crippen LogP contribution in [0.15, 0.2) is 36.4 Å². The van der Waals surface area contributed by atoms with Gasteiger partial charge < -0.3 is 14.3 Å². The van der Waals surface area contributed by atoms with E-state index in [1.807, 2.05) is 25.1 Å². The largest absolute Gasteiger partial charge is 0.462 e. The molecule has 0 atom stereocenters. The standard InChI is InChI=1S/C23H24N2O2/c1-6-27-23(26)17-9-10-19-18(12-17)21-16(5)20(11-13(2)22(21)24-19)25-14(3)7-8-15(25)4/h7-12,24H,6H2,1-5H3. The molecule has 138 valence electrons. The molecule has 0 saturated heterocycles. The van der Waals surface area contributed by atoms with E-state index in [1.54, 1.807) is 0 Å². The fraction of sp³-hybridized carbons (Fsp3) is 0.261. The summed E-state index contributed by atoms with van der Waals surface area (Å²) in [6, 6.07) is 12.2. The summed E-state index contributed by atoms with van der Waals surface area (Å²) in [6.45, 7) is 10.7. The van der Waals surface area contributed by atoms with E-state index >= 15 is 0 Å². The minimum atomic E-state index is -0.281. The normalized spacial score (nSPS) is 11.4. The van der Waals surface area contributed by atoms with Crippen LogP contribution in [0.1, 0.15) is 39.8 Å². The van der Waals surface area contributed by atoms with Crippen LogP contribution >= 0.6 is 0 Å². The number of aromatic nitrogens is 2. The van der Waals surface area contributed by atoms with Crippen LogP contribution in [-0.4, -0.2) is 22.1 Å². The van der Waals surface area contributed by atoms with Gasteiger partial charge in [0.15, 0.2) is 0 Å². The van der Waals surface area contributed by atoms with Crippen molar-refractivity contribution in [1.29, 1.82) is 0 Å². The lowest BCUT2D eigenvalue weighted by Crippen LogP contribution is -2.04. The van der Waals surface area contributed by atoms with E-state index < -0.39 is 0 Å². The molecule has 0 saturated carbocycles. The number of rotatable bonds is 3. The zero-order valence-electron chi connectivity index (χ0n) is 16.4. The topological polar surface area (TPSA) is 47.0 Å². The molecule has 1 N–H and O–H groups in total. The number of nitrogens with one attached hydrogen (secondary N) is 1. The highest BCUT2D eigenvalue weighted by Gasteiger charge is 2.17. The number of fused-ring (bicyclic) bond motifs is 3. The Morgan fingerprint density at radius 3 is 2.41 bits per heavy atom. The molecular formula is C23H24N2O2. The smallest absolute Gasteiger partial charge is 0.338 e. The van der Waals surface area contributed by atoms with Gasteiger partial charge in [0, 0.05) is 38.9 Å². The second-order valence-electron chi connectivity index (χ2n) is 7.14. The maximum Gasteiger partial charge on any atom is 0.338 e. The number of aryl methyl sites for hydroxylation is 4. The number of ether oxygens (including phenoxy) is 1. The van der Waals surface area contributed by atoms with E-state index in [2.05, 4.69) is 55.4 Å². The van der Waals surface area contributed by atoms with Crippen LogP contribution < -0.4 is 0 Å². The van der Waals surface area contributed by atoms with Gasteiger partial charge in [-0.25, -0.2) is 4.79 Å². The number of carbonyl (C=O) groups is 1. The lowest BCUT2D eigenvalue weighted by atomic mass is 10.0. The van der Waals surface area contributed by atoms with Crippen molar-refractivity contribution in [3.8, 4) is 5.69 Å². The first kappa shape index (κ1) is 17.4. The number of hydrogen-bond acceptors (Lipinski definition) is 2. The summed E-state index contributed by atoms with van der Waals surface area (Å²) in [5.41, 5.74) is 8.72. The van der Waals surface area contributed by atoms with Crippen molar-refractivity contribution in [3.05, 3.63) is 64.5 Å². The quantitative estimate of drug-likeness (QED) is 0.489. The average molecular weight is 360 g/mol. The Balaban J connectivity index is 2.05. The summed E-state index contributed by atoms with van der Waals surface area (Å²) < 4.78 is 7.47. The maximum absolute atomic E-state index is 12.2. The molecule has 2 heterocycles. The highest BCUT2D eigenvalue weighted by Crippen LogP contribution is 2.35. The van der Waals surface area contributed by atoms with Crippen molar-refractivity contribution in [3.63, 3.8) is 0 Å². The van der Waals surface area contributed by atoms with Crippen molar-refractivity contribution in [1.82, 2.24) is 9.55 Å². The van der Waals surface area contributed by atoms with E-state index in [1.165, 1.54) is 33.6 Å². The third kappa shape index (κ3) is 2.64. The molecule has 2 aromatic carbocycles.